The molecule has 5 nitrogen and oxygen atoms in total. The molecule has 1 heterocycles. The summed E-state index contributed by atoms with van der Waals surface area (Å²) < 4.78 is 4.80. The van der Waals surface area contributed by atoms with Crippen LogP contribution in [0.25, 0.3) is 0 Å². The number of ketones is 1. The van der Waals surface area contributed by atoms with Crippen molar-refractivity contribution in [3.8, 4) is 0 Å². The van der Waals surface area contributed by atoms with Crippen LogP contribution in [0.3, 0.4) is 0 Å². The van der Waals surface area contributed by atoms with E-state index >= 15 is 0 Å². The largest absolute Gasteiger partial charge is 0.460 e. The maximum Gasteiger partial charge on any atom is 0.313 e. The van der Waals surface area contributed by atoms with E-state index in [1.165, 1.54) is 13.3 Å². The van der Waals surface area contributed by atoms with E-state index in [0.717, 1.165) is 0 Å². The SMILES string of the molecule is CC(=O)CC(=O)OCc1cncnc1. The van der Waals surface area contributed by atoms with E-state index in [1.807, 2.05) is 0 Å². The van der Waals surface area contributed by atoms with Crippen LogP contribution in [-0.2, 0) is 20.9 Å². The average Bonchev–Trinajstić information content (AvgIpc) is 2.15. The lowest BCUT2D eigenvalue weighted by molar-refractivity contribution is -0.146. The second-order valence-electron chi connectivity index (χ2n) is 2.79. The zero-order valence-corrected chi connectivity index (χ0v) is 7.77. The summed E-state index contributed by atoms with van der Waals surface area (Å²) in [5.41, 5.74) is 0.699. The van der Waals surface area contributed by atoms with E-state index in [0.29, 0.717) is 5.56 Å². The Bertz CT molecular complexity index is 324. The summed E-state index contributed by atoms with van der Waals surface area (Å²) in [7, 11) is 0. The number of aromatic nitrogens is 2. The molecule has 0 aliphatic heterocycles. The number of ether oxygens (including phenoxy) is 1. The van der Waals surface area contributed by atoms with Crippen LogP contribution in [0.2, 0.25) is 0 Å². The van der Waals surface area contributed by atoms with Crippen LogP contribution in [-0.4, -0.2) is 21.7 Å². The molecule has 0 N–H and O–H groups in total. The molecule has 14 heavy (non-hydrogen) atoms. The average molecular weight is 194 g/mol. The zero-order chi connectivity index (χ0) is 10.4. The molecule has 1 rings (SSSR count). The first kappa shape index (κ1) is 10.3. The molecule has 1 aromatic rings. The minimum absolute atomic E-state index is 0.104. The number of Topliss-reactive ketones (excluding diaryl/α,β-unsaturated/α-hetero) is 1. The van der Waals surface area contributed by atoms with Crippen molar-refractivity contribution in [2.24, 2.45) is 0 Å². The highest BCUT2D eigenvalue weighted by atomic mass is 16.5. The first-order valence-corrected chi connectivity index (χ1v) is 4.07. The summed E-state index contributed by atoms with van der Waals surface area (Å²) in [5, 5.41) is 0. The number of carbonyl (C=O) groups is 2. The standard InChI is InChI=1S/C9H10N2O3/c1-7(12)2-9(13)14-5-8-3-10-6-11-4-8/h3-4,6H,2,5H2,1H3. The fourth-order valence-corrected chi connectivity index (χ4v) is 0.823. The van der Waals surface area contributed by atoms with Crippen molar-refractivity contribution in [2.45, 2.75) is 20.0 Å². The van der Waals surface area contributed by atoms with E-state index in [2.05, 4.69) is 9.97 Å². The van der Waals surface area contributed by atoms with E-state index < -0.39 is 5.97 Å². The fourth-order valence-electron chi connectivity index (χ4n) is 0.823. The topological polar surface area (TPSA) is 69.2 Å². The minimum Gasteiger partial charge on any atom is -0.460 e. The molecule has 0 saturated heterocycles. The fraction of sp³-hybridized carbons (Fsp3) is 0.333. The quantitative estimate of drug-likeness (QED) is 0.515. The van der Waals surface area contributed by atoms with Crippen LogP contribution in [0.4, 0.5) is 0 Å². The Morgan fingerprint density at radius 2 is 2.00 bits per heavy atom. The summed E-state index contributed by atoms with van der Waals surface area (Å²) in [6.45, 7) is 1.44. The Morgan fingerprint density at radius 1 is 1.36 bits per heavy atom. The predicted octanol–water partition coefficient (Wildman–Crippen LogP) is 0.499. The molecule has 0 unspecified atom stereocenters. The van der Waals surface area contributed by atoms with Crippen molar-refractivity contribution >= 4 is 11.8 Å². The number of rotatable bonds is 4. The van der Waals surface area contributed by atoms with Crippen molar-refractivity contribution in [1.29, 1.82) is 0 Å². The first-order chi connectivity index (χ1) is 6.68. The van der Waals surface area contributed by atoms with Crippen LogP contribution in [0.15, 0.2) is 18.7 Å². The minimum atomic E-state index is -0.527. The third-order valence-corrected chi connectivity index (χ3v) is 1.41. The highest BCUT2D eigenvalue weighted by Crippen LogP contribution is 1.98. The van der Waals surface area contributed by atoms with Gasteiger partial charge in [0, 0.05) is 18.0 Å². The third-order valence-electron chi connectivity index (χ3n) is 1.41. The number of hydrogen-bond donors (Lipinski definition) is 0. The molecule has 0 aliphatic rings. The number of esters is 1. The molecule has 0 atom stereocenters. The highest BCUT2D eigenvalue weighted by Gasteiger charge is 2.06. The van der Waals surface area contributed by atoms with Crippen molar-refractivity contribution in [1.82, 2.24) is 9.97 Å². The smallest absolute Gasteiger partial charge is 0.313 e. The van der Waals surface area contributed by atoms with Gasteiger partial charge in [-0.3, -0.25) is 9.59 Å². The van der Waals surface area contributed by atoms with Crippen LogP contribution in [0, 0.1) is 0 Å². The van der Waals surface area contributed by atoms with Crippen molar-refractivity contribution in [2.75, 3.05) is 0 Å². The number of hydrogen-bond acceptors (Lipinski definition) is 5. The van der Waals surface area contributed by atoms with Gasteiger partial charge in [0.05, 0.1) is 0 Å². The van der Waals surface area contributed by atoms with E-state index in [4.69, 9.17) is 4.74 Å². The summed E-state index contributed by atoms with van der Waals surface area (Å²) in [5.74, 6) is -0.735. The van der Waals surface area contributed by atoms with Crippen LogP contribution >= 0.6 is 0 Å². The Labute approximate surface area is 81.1 Å². The maximum absolute atomic E-state index is 10.9. The van der Waals surface area contributed by atoms with Gasteiger partial charge in [-0.25, -0.2) is 9.97 Å². The Kier molecular flexibility index (Phi) is 3.72. The molecule has 0 aliphatic carbocycles. The molecule has 0 bridgehead atoms. The monoisotopic (exact) mass is 194 g/mol. The molecule has 0 radical (unpaired) electrons. The number of carbonyl (C=O) groups excluding carboxylic acids is 2. The first-order valence-electron chi connectivity index (χ1n) is 4.07. The lowest BCUT2D eigenvalue weighted by Gasteiger charge is -2.01. The van der Waals surface area contributed by atoms with Gasteiger partial charge in [-0.15, -0.1) is 0 Å². The van der Waals surface area contributed by atoms with Crippen molar-refractivity contribution < 1.29 is 14.3 Å². The van der Waals surface area contributed by atoms with Gasteiger partial charge in [-0.1, -0.05) is 0 Å². The molecule has 74 valence electrons. The summed E-state index contributed by atoms with van der Waals surface area (Å²) >= 11 is 0. The van der Waals surface area contributed by atoms with E-state index in [9.17, 15) is 9.59 Å². The molecule has 1 aromatic heterocycles. The van der Waals surface area contributed by atoms with Crippen molar-refractivity contribution in [3.63, 3.8) is 0 Å². The highest BCUT2D eigenvalue weighted by molar-refractivity contribution is 5.94. The predicted molar refractivity (Wildman–Crippen MR) is 47.1 cm³/mol. The van der Waals surface area contributed by atoms with Crippen LogP contribution < -0.4 is 0 Å². The van der Waals surface area contributed by atoms with Gasteiger partial charge in [0.25, 0.3) is 0 Å². The third kappa shape index (κ3) is 3.75. The maximum atomic E-state index is 10.9. The molecule has 0 saturated carbocycles. The lowest BCUT2D eigenvalue weighted by Crippen LogP contribution is -2.08. The summed E-state index contributed by atoms with van der Waals surface area (Å²) in [4.78, 5) is 29.0. The van der Waals surface area contributed by atoms with Gasteiger partial charge in [-0.05, 0) is 6.92 Å². The van der Waals surface area contributed by atoms with Gasteiger partial charge in [0.15, 0.2) is 0 Å². The molecule has 5 heteroatoms. The van der Waals surface area contributed by atoms with Gasteiger partial charge in [-0.2, -0.15) is 0 Å². The normalized spacial score (nSPS) is 9.50. The van der Waals surface area contributed by atoms with Gasteiger partial charge < -0.3 is 4.74 Å². The second-order valence-corrected chi connectivity index (χ2v) is 2.79. The summed E-state index contributed by atoms with van der Waals surface area (Å²) in [6.07, 6.45) is 4.30. The molecular formula is C9H10N2O3. The lowest BCUT2D eigenvalue weighted by atomic mass is 10.3. The van der Waals surface area contributed by atoms with Crippen molar-refractivity contribution in [3.05, 3.63) is 24.3 Å². The molecule has 0 aromatic carbocycles. The van der Waals surface area contributed by atoms with Gasteiger partial charge >= 0.3 is 5.97 Å². The van der Waals surface area contributed by atoms with Gasteiger partial charge in [0.2, 0.25) is 0 Å². The van der Waals surface area contributed by atoms with Crippen LogP contribution in [0.1, 0.15) is 18.9 Å². The van der Waals surface area contributed by atoms with Crippen LogP contribution in [0.5, 0.6) is 0 Å². The molecule has 0 amide bonds. The molecular weight excluding hydrogens is 184 g/mol. The van der Waals surface area contributed by atoms with Gasteiger partial charge in [0.1, 0.15) is 25.1 Å². The Morgan fingerprint density at radius 3 is 2.57 bits per heavy atom. The Balaban J connectivity index is 2.34. The second kappa shape index (κ2) is 5.06. The van der Waals surface area contributed by atoms with E-state index in [1.54, 1.807) is 12.4 Å². The van der Waals surface area contributed by atoms with E-state index in [-0.39, 0.29) is 18.8 Å². The summed E-state index contributed by atoms with van der Waals surface area (Å²) in [6, 6.07) is 0. The zero-order valence-electron chi connectivity index (χ0n) is 7.77. The number of nitrogens with zero attached hydrogens (tertiary/aromatic N) is 2. The molecule has 0 spiro atoms. The molecule has 0 fully saturated rings. The Hall–Kier alpha value is -1.78.